The van der Waals surface area contributed by atoms with E-state index in [1.54, 1.807) is 99.6 Å². The normalized spacial score (nSPS) is 12.6. The number of amides is 8. The van der Waals surface area contributed by atoms with Crippen molar-refractivity contribution in [3.63, 3.8) is 0 Å². The van der Waals surface area contributed by atoms with Crippen LogP contribution in [0.4, 0.5) is 4.79 Å². The molecule has 20 heteroatoms. The molecule has 3 rings (SSSR count). The first kappa shape index (κ1) is 55.7. The van der Waals surface area contributed by atoms with E-state index >= 15 is 0 Å². The van der Waals surface area contributed by atoms with Crippen LogP contribution in [0.15, 0.2) is 91.0 Å². The minimum absolute atomic E-state index is 0.00579. The Morgan fingerprint density at radius 1 is 0.536 bits per heavy atom. The molecule has 0 heterocycles. The Morgan fingerprint density at radius 3 is 1.59 bits per heavy atom. The molecule has 0 aromatic heterocycles. The fraction of sp³-hybridized carbons (Fsp3) is 0.429. The van der Waals surface area contributed by atoms with Crippen LogP contribution in [0, 0.1) is 5.92 Å². The van der Waals surface area contributed by atoms with Crippen LogP contribution < -0.4 is 42.5 Å². The van der Waals surface area contributed by atoms with Crippen molar-refractivity contribution in [2.75, 3.05) is 26.2 Å². The largest absolute Gasteiger partial charge is 0.460 e. The topological polar surface area (TPSA) is 285 Å². The molecule has 0 saturated carbocycles. The Bertz CT molecular complexity index is 2190. The van der Waals surface area contributed by atoms with Gasteiger partial charge >= 0.3 is 12.1 Å². The van der Waals surface area contributed by atoms with Crippen LogP contribution in [-0.4, -0.2) is 116 Å². The van der Waals surface area contributed by atoms with Crippen molar-refractivity contribution in [3.05, 3.63) is 108 Å². The molecule has 0 radical (unpaired) electrons. The van der Waals surface area contributed by atoms with Gasteiger partial charge in [0.25, 0.3) is 0 Å². The van der Waals surface area contributed by atoms with Gasteiger partial charge in [-0.3, -0.25) is 38.4 Å². The van der Waals surface area contributed by atoms with Crippen molar-refractivity contribution in [1.29, 1.82) is 0 Å². The highest BCUT2D eigenvalue weighted by molar-refractivity contribution is 5.95. The molecule has 8 N–H and O–H groups in total. The van der Waals surface area contributed by atoms with Crippen molar-refractivity contribution >= 4 is 59.7 Å². The summed E-state index contributed by atoms with van der Waals surface area (Å²) in [6.07, 6.45) is -0.649. The third-order valence-corrected chi connectivity index (χ3v) is 9.71. The lowest BCUT2D eigenvalue weighted by Gasteiger charge is -2.24. The predicted molar refractivity (Wildman–Crippen MR) is 252 cm³/mol. The van der Waals surface area contributed by atoms with Gasteiger partial charge in [-0.1, -0.05) is 105 Å². The van der Waals surface area contributed by atoms with Crippen molar-refractivity contribution < 1.29 is 57.4 Å². The second kappa shape index (κ2) is 29.2. The number of carbonyl (C=O) groups is 10. The summed E-state index contributed by atoms with van der Waals surface area (Å²) in [5.41, 5.74) is 1.36. The van der Waals surface area contributed by atoms with Gasteiger partial charge in [0.2, 0.25) is 41.4 Å². The zero-order chi connectivity index (χ0) is 50.8. The van der Waals surface area contributed by atoms with Gasteiger partial charge in [0.05, 0.1) is 19.1 Å². The number of carbonyl (C=O) groups excluding carboxylic acids is 10. The van der Waals surface area contributed by atoms with Gasteiger partial charge in [-0.15, -0.1) is 0 Å². The van der Waals surface area contributed by atoms with Crippen LogP contribution >= 0.6 is 0 Å². The van der Waals surface area contributed by atoms with Crippen LogP contribution in [0.3, 0.4) is 0 Å². The number of benzene rings is 3. The van der Waals surface area contributed by atoms with Gasteiger partial charge in [0.1, 0.15) is 49.7 Å². The Hall–Kier alpha value is -7.64. The molecule has 69 heavy (non-hydrogen) atoms. The van der Waals surface area contributed by atoms with Gasteiger partial charge in [-0.2, -0.15) is 0 Å². The van der Waals surface area contributed by atoms with Crippen LogP contribution in [0.1, 0.15) is 70.6 Å². The maximum absolute atomic E-state index is 13.9. The average molecular weight is 957 g/mol. The molecule has 4 unspecified atom stereocenters. The van der Waals surface area contributed by atoms with Crippen LogP contribution in [0.25, 0.3) is 0 Å². The number of hydrogen-bond acceptors (Lipinski definition) is 12. The standard InChI is InChI=1S/C49H64N8O12/c1-32(2)23-38(46(65)52-29-44(63)68-31-35-19-13-8-14-20-35)57-47(66)39(25-34-17-11-7-12-18-34)56-42(61)27-51-45(64)37(55-43(62)28-53-48(67)69-49(3,4)5)21-22-40(59)50-26-41(60)54-36(30-58)24-33-15-9-6-10-16-33/h6-20,30,32,36-39H,21-29,31H2,1-5H3,(H,50,59)(H,51,64)(H,52,65)(H,53,67)(H,54,60)(H,55,62)(H,56,61)(H,57,66). The first-order valence-electron chi connectivity index (χ1n) is 22.5. The number of esters is 1. The number of hydrogen-bond donors (Lipinski definition) is 8. The van der Waals surface area contributed by atoms with E-state index in [2.05, 4.69) is 42.5 Å². The lowest BCUT2D eigenvalue weighted by molar-refractivity contribution is -0.145. The number of nitrogens with one attached hydrogen (secondary N) is 8. The van der Waals surface area contributed by atoms with Gasteiger partial charge < -0.3 is 56.8 Å². The Balaban J connectivity index is 1.65. The molecule has 8 amide bonds. The lowest BCUT2D eigenvalue weighted by atomic mass is 10.0. The number of ether oxygens (including phenoxy) is 2. The Morgan fingerprint density at radius 2 is 1.03 bits per heavy atom. The zero-order valence-electron chi connectivity index (χ0n) is 39.6. The second-order valence-corrected chi connectivity index (χ2v) is 17.4. The quantitative estimate of drug-likeness (QED) is 0.0394. The maximum Gasteiger partial charge on any atom is 0.408 e. The highest BCUT2D eigenvalue weighted by atomic mass is 16.6. The van der Waals surface area contributed by atoms with Gasteiger partial charge in [-0.05, 0) is 62.6 Å². The van der Waals surface area contributed by atoms with Gasteiger partial charge in [0, 0.05) is 12.8 Å². The first-order chi connectivity index (χ1) is 32.8. The van der Waals surface area contributed by atoms with E-state index in [-0.39, 0.29) is 38.2 Å². The fourth-order valence-electron chi connectivity index (χ4n) is 6.42. The molecule has 0 aliphatic carbocycles. The summed E-state index contributed by atoms with van der Waals surface area (Å²) in [5, 5.41) is 19.8. The predicted octanol–water partition coefficient (Wildman–Crippen LogP) is 1.05. The Labute approximate surface area is 401 Å². The molecule has 4 atom stereocenters. The first-order valence-corrected chi connectivity index (χ1v) is 22.5. The van der Waals surface area contributed by atoms with Crippen molar-refractivity contribution in [2.24, 2.45) is 5.92 Å². The van der Waals surface area contributed by atoms with Crippen LogP contribution in [0.5, 0.6) is 0 Å². The summed E-state index contributed by atoms with van der Waals surface area (Å²) < 4.78 is 10.4. The van der Waals surface area contributed by atoms with E-state index in [1.807, 2.05) is 26.0 Å². The molecule has 0 bridgehead atoms. The third kappa shape index (κ3) is 23.6. The molecule has 0 saturated heterocycles. The van der Waals surface area contributed by atoms with Crippen molar-refractivity contribution in [3.8, 4) is 0 Å². The molecule has 0 fully saturated rings. The monoisotopic (exact) mass is 956 g/mol. The zero-order valence-corrected chi connectivity index (χ0v) is 39.6. The third-order valence-electron chi connectivity index (χ3n) is 9.71. The molecule has 0 aliphatic heterocycles. The van der Waals surface area contributed by atoms with E-state index in [1.165, 1.54) is 0 Å². The van der Waals surface area contributed by atoms with Gasteiger partial charge in [0.15, 0.2) is 0 Å². The maximum atomic E-state index is 13.9. The summed E-state index contributed by atoms with van der Waals surface area (Å²) in [4.78, 5) is 129. The molecule has 0 spiro atoms. The molecule has 3 aromatic rings. The van der Waals surface area contributed by atoms with E-state index in [0.29, 0.717) is 11.8 Å². The van der Waals surface area contributed by atoms with Crippen LogP contribution in [-0.2, 0) is 72.1 Å². The summed E-state index contributed by atoms with van der Waals surface area (Å²) in [5.74, 6) is -6.06. The molecule has 372 valence electrons. The highest BCUT2D eigenvalue weighted by Gasteiger charge is 2.29. The summed E-state index contributed by atoms with van der Waals surface area (Å²) in [7, 11) is 0. The number of rotatable bonds is 27. The molecule has 3 aromatic carbocycles. The van der Waals surface area contributed by atoms with E-state index in [9.17, 15) is 47.9 Å². The molecular formula is C49H64N8O12. The molecule has 0 aliphatic rings. The minimum atomic E-state index is -1.44. The number of aldehydes is 1. The highest BCUT2D eigenvalue weighted by Crippen LogP contribution is 2.10. The second-order valence-electron chi connectivity index (χ2n) is 17.4. The number of alkyl carbamates (subject to hydrolysis) is 1. The van der Waals surface area contributed by atoms with E-state index < -0.39 is 116 Å². The SMILES string of the molecule is CC(C)CC(NC(=O)C(Cc1ccccc1)NC(=O)CNC(=O)C(CCC(=O)NCC(=O)NC(C=O)Cc1ccccc1)NC(=O)CNC(=O)OC(C)(C)C)C(=O)NCC(=O)OCc1ccccc1. The summed E-state index contributed by atoms with van der Waals surface area (Å²) in [6, 6.07) is 22.0. The summed E-state index contributed by atoms with van der Waals surface area (Å²) >= 11 is 0. The summed E-state index contributed by atoms with van der Waals surface area (Å²) in [6.45, 7) is 6.29. The lowest BCUT2D eigenvalue weighted by Crippen LogP contribution is -2.56. The minimum Gasteiger partial charge on any atom is -0.460 e. The Kier molecular flexibility index (Phi) is 23.6. The fourth-order valence-corrected chi connectivity index (χ4v) is 6.42. The smallest absolute Gasteiger partial charge is 0.408 e. The molecular weight excluding hydrogens is 893 g/mol. The molecule has 20 nitrogen and oxygen atoms in total. The van der Waals surface area contributed by atoms with Crippen molar-refractivity contribution in [2.45, 2.75) is 103 Å². The average Bonchev–Trinajstić information content (AvgIpc) is 3.31. The van der Waals surface area contributed by atoms with Crippen molar-refractivity contribution in [1.82, 2.24) is 42.5 Å². The van der Waals surface area contributed by atoms with E-state index in [4.69, 9.17) is 9.47 Å². The van der Waals surface area contributed by atoms with Crippen LogP contribution in [0.2, 0.25) is 0 Å². The van der Waals surface area contributed by atoms with Gasteiger partial charge in [-0.25, -0.2) is 4.79 Å². The van der Waals surface area contributed by atoms with E-state index in [0.717, 1.165) is 11.1 Å².